The summed E-state index contributed by atoms with van der Waals surface area (Å²) in [6.07, 6.45) is 2.07. The van der Waals surface area contributed by atoms with Crippen LogP contribution in [0.25, 0.3) is 0 Å². The Kier molecular flexibility index (Phi) is 13.0. The predicted molar refractivity (Wildman–Crippen MR) is 175 cm³/mol. The maximum atomic E-state index is 13.7. The van der Waals surface area contributed by atoms with Gasteiger partial charge in [-0.2, -0.15) is 0 Å². The number of anilines is 3. The van der Waals surface area contributed by atoms with E-state index >= 15 is 0 Å². The lowest BCUT2D eigenvalue weighted by Gasteiger charge is -2.38. The molecule has 0 saturated carbocycles. The molecule has 12 nitrogen and oxygen atoms in total. The number of carbonyl (C=O) groups excluding carboxylic acids is 4. The van der Waals surface area contributed by atoms with Crippen LogP contribution in [0.1, 0.15) is 70.2 Å². The average molecular weight is 625 g/mol. The molecule has 246 valence electrons. The lowest BCUT2D eigenvalue weighted by atomic mass is 9.99. The Labute approximate surface area is 265 Å². The number of aliphatic hydroxyl groups is 1. The third-order valence-corrected chi connectivity index (χ3v) is 7.70. The van der Waals surface area contributed by atoms with Crippen molar-refractivity contribution in [1.29, 1.82) is 0 Å². The van der Waals surface area contributed by atoms with Crippen LogP contribution in [0.5, 0.6) is 5.75 Å². The molecule has 0 bridgehead atoms. The van der Waals surface area contributed by atoms with Crippen LogP contribution < -0.4 is 26.4 Å². The van der Waals surface area contributed by atoms with Crippen molar-refractivity contribution < 1.29 is 29.0 Å². The summed E-state index contributed by atoms with van der Waals surface area (Å²) in [5, 5.41) is 18.4. The van der Waals surface area contributed by atoms with Gasteiger partial charge in [0.1, 0.15) is 11.9 Å². The van der Waals surface area contributed by atoms with Crippen LogP contribution in [0, 0.1) is 5.92 Å². The quantitative estimate of drug-likeness (QED) is 0.165. The number of nitrogens with one attached hydrogen (secondary N) is 3. The summed E-state index contributed by atoms with van der Waals surface area (Å²) >= 11 is 0. The minimum absolute atomic E-state index is 0.0183. The van der Waals surface area contributed by atoms with Crippen molar-refractivity contribution in [2.75, 3.05) is 43.1 Å². The van der Waals surface area contributed by atoms with E-state index in [1.54, 1.807) is 66.2 Å². The molecule has 1 aliphatic rings. The van der Waals surface area contributed by atoms with E-state index in [4.69, 9.17) is 10.5 Å². The van der Waals surface area contributed by atoms with Gasteiger partial charge in [-0.25, -0.2) is 4.79 Å². The van der Waals surface area contributed by atoms with Gasteiger partial charge >= 0.3 is 6.03 Å². The number of nitrogens with zero attached hydrogens (tertiary/aromatic N) is 2. The molecule has 0 aromatic heterocycles. The van der Waals surface area contributed by atoms with E-state index in [1.807, 2.05) is 20.8 Å². The first-order valence-corrected chi connectivity index (χ1v) is 15.6. The number of likely N-dealkylation sites (N-methyl/N-ethyl adjacent to an activating group) is 1. The van der Waals surface area contributed by atoms with Crippen molar-refractivity contribution in [2.24, 2.45) is 5.92 Å². The highest BCUT2D eigenvalue weighted by Gasteiger charge is 2.34. The second-order valence-electron chi connectivity index (χ2n) is 12.1. The van der Waals surface area contributed by atoms with E-state index in [0.717, 1.165) is 0 Å². The van der Waals surface area contributed by atoms with Gasteiger partial charge in [0.05, 0.1) is 36.1 Å². The monoisotopic (exact) mass is 624 g/mol. The number of nitrogens with two attached hydrogens (primary N) is 1. The Balaban J connectivity index is 1.62. The van der Waals surface area contributed by atoms with Gasteiger partial charge in [-0.1, -0.05) is 25.5 Å². The Bertz CT molecular complexity index is 1330. The number of ether oxygens (including phenoxy) is 1. The number of carbonyl (C=O) groups is 4. The fourth-order valence-electron chi connectivity index (χ4n) is 5.02. The minimum atomic E-state index is -0.445. The molecular formula is C33H48N6O6. The smallest absolute Gasteiger partial charge is 0.317 e. The number of rotatable bonds is 13. The number of urea groups is 1. The zero-order chi connectivity index (χ0) is 33.1. The molecule has 0 radical (unpaired) electrons. The molecular weight excluding hydrogens is 576 g/mol. The number of fused-ring (bicyclic) bond motifs is 1. The third-order valence-electron chi connectivity index (χ3n) is 7.70. The van der Waals surface area contributed by atoms with E-state index in [2.05, 4.69) is 16.0 Å². The van der Waals surface area contributed by atoms with Crippen LogP contribution in [0.3, 0.4) is 0 Å². The first-order valence-electron chi connectivity index (χ1n) is 15.6. The Hall–Kier alpha value is -4.32. The maximum Gasteiger partial charge on any atom is 0.317 e. The molecule has 6 N–H and O–H groups in total. The van der Waals surface area contributed by atoms with E-state index < -0.39 is 12.1 Å². The normalized spacial score (nSPS) is 17.0. The number of para-hydroxylation sites is 2. The molecule has 45 heavy (non-hydrogen) atoms. The predicted octanol–water partition coefficient (Wildman–Crippen LogP) is 4.07. The van der Waals surface area contributed by atoms with E-state index in [1.165, 1.54) is 0 Å². The molecule has 0 saturated heterocycles. The van der Waals surface area contributed by atoms with Crippen molar-refractivity contribution in [3.8, 4) is 5.75 Å². The largest absolute Gasteiger partial charge is 0.487 e. The maximum absolute atomic E-state index is 13.7. The van der Waals surface area contributed by atoms with Crippen molar-refractivity contribution in [3.05, 3.63) is 48.0 Å². The third kappa shape index (κ3) is 10.4. The molecule has 0 fully saturated rings. The number of aliphatic hydroxyl groups excluding tert-OH is 1. The van der Waals surface area contributed by atoms with Crippen LogP contribution >= 0.6 is 0 Å². The highest BCUT2D eigenvalue weighted by Crippen LogP contribution is 2.31. The van der Waals surface area contributed by atoms with Crippen molar-refractivity contribution >= 4 is 40.8 Å². The van der Waals surface area contributed by atoms with Crippen molar-refractivity contribution in [2.45, 2.75) is 78.0 Å². The van der Waals surface area contributed by atoms with Gasteiger partial charge in [-0.05, 0) is 63.9 Å². The summed E-state index contributed by atoms with van der Waals surface area (Å²) in [6.45, 7) is 7.89. The zero-order valence-corrected chi connectivity index (χ0v) is 27.0. The van der Waals surface area contributed by atoms with Gasteiger partial charge in [0.25, 0.3) is 5.91 Å². The van der Waals surface area contributed by atoms with Gasteiger partial charge < -0.3 is 41.3 Å². The van der Waals surface area contributed by atoms with Gasteiger partial charge in [0.2, 0.25) is 11.8 Å². The summed E-state index contributed by atoms with van der Waals surface area (Å²) in [4.78, 5) is 54.4. The summed E-state index contributed by atoms with van der Waals surface area (Å²) in [6, 6.07) is 11.3. The van der Waals surface area contributed by atoms with E-state index in [-0.39, 0.29) is 60.8 Å². The molecule has 5 amide bonds. The first kappa shape index (κ1) is 35.2. The molecule has 2 aromatic carbocycles. The zero-order valence-electron chi connectivity index (χ0n) is 27.0. The second-order valence-corrected chi connectivity index (χ2v) is 12.1. The first-order chi connectivity index (χ1) is 21.4. The van der Waals surface area contributed by atoms with E-state index in [9.17, 15) is 24.3 Å². The van der Waals surface area contributed by atoms with Crippen LogP contribution in [-0.4, -0.2) is 83.6 Å². The number of nitrogen functional groups attached to an aromatic ring is 1. The molecule has 12 heteroatoms. The van der Waals surface area contributed by atoms with Gasteiger partial charge in [0.15, 0.2) is 0 Å². The SMILES string of the molecule is CC(C)NC(=O)N(C)C[C@H]1Oc2ccc(NC(=O)CCCCCC(=O)Nc3ccccc3N)cc2C(=O)N([C@@H](C)CO)C[C@@H]1C. The lowest BCUT2D eigenvalue weighted by Crippen LogP contribution is -2.51. The second kappa shape index (κ2) is 16.7. The Morgan fingerprint density at radius 1 is 1.04 bits per heavy atom. The van der Waals surface area contributed by atoms with E-state index in [0.29, 0.717) is 55.0 Å². The number of hydrogen-bond donors (Lipinski definition) is 5. The topological polar surface area (TPSA) is 166 Å². The standard InChI is InChI=1S/C33H48N6O6/c1-21(2)35-33(44)38(5)19-29-22(3)18-39(23(4)20-40)32(43)25-17-24(15-16-28(25)45-29)36-30(41)13-7-6-8-14-31(42)37-27-12-10-9-11-26(27)34/h9-12,15-17,21-23,29,40H,6-8,13-14,18-20,34H2,1-5H3,(H,35,44)(H,36,41)(H,37,42)/t22-,23-,29+/m0/s1. The number of unbranched alkanes of at least 4 members (excludes halogenated alkanes) is 2. The number of benzene rings is 2. The molecule has 3 rings (SSSR count). The molecule has 3 atom stereocenters. The molecule has 1 heterocycles. The Morgan fingerprint density at radius 2 is 1.71 bits per heavy atom. The van der Waals surface area contributed by atoms with Crippen LogP contribution in [0.4, 0.5) is 21.9 Å². The summed E-state index contributed by atoms with van der Waals surface area (Å²) in [5.74, 6) is -0.447. The summed E-state index contributed by atoms with van der Waals surface area (Å²) in [7, 11) is 1.70. The molecule has 1 aliphatic heterocycles. The molecule has 2 aromatic rings. The molecule has 0 unspecified atom stereocenters. The van der Waals surface area contributed by atoms with Crippen molar-refractivity contribution in [3.63, 3.8) is 0 Å². The van der Waals surface area contributed by atoms with Crippen molar-refractivity contribution in [1.82, 2.24) is 15.1 Å². The van der Waals surface area contributed by atoms with Gasteiger partial charge in [0, 0.05) is 44.1 Å². The summed E-state index contributed by atoms with van der Waals surface area (Å²) < 4.78 is 6.34. The minimum Gasteiger partial charge on any atom is -0.487 e. The molecule has 0 spiro atoms. The van der Waals surface area contributed by atoms with Crippen LogP contribution in [-0.2, 0) is 9.59 Å². The fraction of sp³-hybridized carbons (Fsp3) is 0.515. The molecule has 0 aliphatic carbocycles. The van der Waals surface area contributed by atoms with Crippen LogP contribution in [0.2, 0.25) is 0 Å². The van der Waals surface area contributed by atoms with Gasteiger partial charge in [-0.15, -0.1) is 0 Å². The average Bonchev–Trinajstić information content (AvgIpc) is 2.99. The van der Waals surface area contributed by atoms with Crippen LogP contribution in [0.15, 0.2) is 42.5 Å². The highest BCUT2D eigenvalue weighted by molar-refractivity contribution is 6.00. The lowest BCUT2D eigenvalue weighted by molar-refractivity contribution is -0.116. The highest BCUT2D eigenvalue weighted by atomic mass is 16.5. The fourth-order valence-corrected chi connectivity index (χ4v) is 5.02. The number of hydrogen-bond acceptors (Lipinski definition) is 7. The van der Waals surface area contributed by atoms with Gasteiger partial charge in [-0.3, -0.25) is 14.4 Å². The summed E-state index contributed by atoms with van der Waals surface area (Å²) in [5.41, 5.74) is 7.68. The number of amides is 5. The Morgan fingerprint density at radius 3 is 2.36 bits per heavy atom.